The van der Waals surface area contributed by atoms with Crippen LogP contribution >= 0.6 is 0 Å². The Bertz CT molecular complexity index is 947. The fraction of sp³-hybridized carbons (Fsp3) is 0.542. The molecule has 1 aromatic rings. The van der Waals surface area contributed by atoms with E-state index in [-0.39, 0.29) is 11.3 Å². The zero-order valence-electron chi connectivity index (χ0n) is 18.7. The van der Waals surface area contributed by atoms with Crippen molar-refractivity contribution >= 4 is 5.84 Å². The smallest absolute Gasteiger partial charge is 0.218 e. The van der Waals surface area contributed by atoms with Gasteiger partial charge in [0.25, 0.3) is 0 Å². The summed E-state index contributed by atoms with van der Waals surface area (Å²) in [7, 11) is 1.58. The third kappa shape index (κ3) is 4.58. The molecule has 1 aromatic heterocycles. The summed E-state index contributed by atoms with van der Waals surface area (Å²) in [5, 5.41) is 15.7. The molecule has 4 fully saturated rings. The summed E-state index contributed by atoms with van der Waals surface area (Å²) < 4.78 is 5.25. The van der Waals surface area contributed by atoms with E-state index in [1.165, 1.54) is 19.3 Å². The van der Waals surface area contributed by atoms with Crippen LogP contribution < -0.4 is 26.8 Å². The monoisotopic (exact) mass is 435 g/mol. The number of ether oxygens (including phenoxy) is 1. The summed E-state index contributed by atoms with van der Waals surface area (Å²) in [6.45, 7) is 5.10. The van der Waals surface area contributed by atoms with Gasteiger partial charge in [-0.3, -0.25) is 4.99 Å². The highest BCUT2D eigenvalue weighted by molar-refractivity contribution is 6.00. The molecule has 8 heteroatoms. The van der Waals surface area contributed by atoms with Crippen LogP contribution in [0.1, 0.15) is 37.7 Å². The SMILES string of the molecule is C=C(NC=C(C#N)C(N)=NCC12CC3C[C@H](C1)C(N)[C@@H](C3)C2)NCc1cccnc1OC. The number of hydrogen-bond acceptors (Lipinski definition) is 7. The van der Waals surface area contributed by atoms with Crippen molar-refractivity contribution in [3.05, 3.63) is 48.1 Å². The number of nitrogens with zero attached hydrogens (tertiary/aromatic N) is 3. The highest BCUT2D eigenvalue weighted by Crippen LogP contribution is 2.59. The van der Waals surface area contributed by atoms with Crippen LogP contribution in [0.5, 0.6) is 5.88 Å². The summed E-state index contributed by atoms with van der Waals surface area (Å²) in [6.07, 6.45) is 9.26. The zero-order valence-corrected chi connectivity index (χ0v) is 18.7. The minimum atomic E-state index is 0.207. The Kier molecular flexibility index (Phi) is 6.38. The molecule has 32 heavy (non-hydrogen) atoms. The zero-order chi connectivity index (χ0) is 22.7. The number of nitriles is 1. The van der Waals surface area contributed by atoms with Gasteiger partial charge in [0.1, 0.15) is 17.5 Å². The lowest BCUT2D eigenvalue weighted by atomic mass is 9.48. The Labute approximate surface area is 189 Å². The molecule has 4 aliphatic carbocycles. The summed E-state index contributed by atoms with van der Waals surface area (Å²) in [4.78, 5) is 8.82. The number of amidine groups is 1. The second-order valence-electron chi connectivity index (χ2n) is 9.57. The molecule has 4 bridgehead atoms. The van der Waals surface area contributed by atoms with Gasteiger partial charge < -0.3 is 26.8 Å². The van der Waals surface area contributed by atoms with Gasteiger partial charge in [0, 0.05) is 37.1 Å². The van der Waals surface area contributed by atoms with E-state index < -0.39 is 0 Å². The molecular formula is C24H33N7O. The lowest BCUT2D eigenvalue weighted by molar-refractivity contribution is -0.0610. The molecule has 3 unspecified atom stereocenters. The quantitative estimate of drug-likeness (QED) is 0.265. The maximum Gasteiger partial charge on any atom is 0.218 e. The minimum Gasteiger partial charge on any atom is -0.481 e. The molecule has 1 heterocycles. The molecule has 0 spiro atoms. The third-order valence-electron chi connectivity index (χ3n) is 7.38. The van der Waals surface area contributed by atoms with Crippen molar-refractivity contribution in [3.8, 4) is 11.9 Å². The highest BCUT2D eigenvalue weighted by Gasteiger charge is 2.54. The average Bonchev–Trinajstić information content (AvgIpc) is 2.79. The topological polar surface area (TPSA) is 134 Å². The Morgan fingerprint density at radius 3 is 2.84 bits per heavy atom. The van der Waals surface area contributed by atoms with Crippen molar-refractivity contribution in [2.24, 2.45) is 39.6 Å². The number of rotatable bonds is 9. The summed E-state index contributed by atoms with van der Waals surface area (Å²) in [5.41, 5.74) is 14.1. The molecule has 5 rings (SSSR count). The largest absolute Gasteiger partial charge is 0.481 e. The second-order valence-corrected chi connectivity index (χ2v) is 9.57. The van der Waals surface area contributed by atoms with Crippen LogP contribution in [0.4, 0.5) is 0 Å². The van der Waals surface area contributed by atoms with Crippen molar-refractivity contribution in [2.75, 3.05) is 13.7 Å². The van der Waals surface area contributed by atoms with Crippen molar-refractivity contribution in [1.29, 1.82) is 5.26 Å². The third-order valence-corrected chi connectivity index (χ3v) is 7.38. The molecule has 0 saturated heterocycles. The molecule has 6 N–H and O–H groups in total. The molecule has 170 valence electrons. The molecule has 4 saturated carbocycles. The van der Waals surface area contributed by atoms with Gasteiger partial charge in [-0.1, -0.05) is 12.6 Å². The minimum absolute atomic E-state index is 0.207. The second kappa shape index (κ2) is 9.21. The summed E-state index contributed by atoms with van der Waals surface area (Å²) in [5.74, 6) is 3.39. The normalized spacial score (nSPS) is 31.2. The van der Waals surface area contributed by atoms with Gasteiger partial charge in [-0.05, 0) is 61.3 Å². The average molecular weight is 436 g/mol. The predicted octanol–water partition coefficient (Wildman–Crippen LogP) is 2.16. The van der Waals surface area contributed by atoms with Crippen molar-refractivity contribution in [3.63, 3.8) is 0 Å². The first kappa shape index (κ1) is 22.2. The van der Waals surface area contributed by atoms with E-state index >= 15 is 0 Å². The summed E-state index contributed by atoms with van der Waals surface area (Å²) in [6, 6.07) is 6.26. The molecule has 0 radical (unpaired) electrons. The van der Waals surface area contributed by atoms with E-state index in [2.05, 4.69) is 33.3 Å². The lowest BCUT2D eigenvalue weighted by Crippen LogP contribution is -2.57. The van der Waals surface area contributed by atoms with Crippen LogP contribution in [-0.4, -0.2) is 30.5 Å². The first-order chi connectivity index (χ1) is 15.4. The molecule has 0 amide bonds. The van der Waals surface area contributed by atoms with Crippen LogP contribution in [0, 0.1) is 34.5 Å². The molecular weight excluding hydrogens is 402 g/mol. The van der Waals surface area contributed by atoms with Gasteiger partial charge in [-0.25, -0.2) is 4.98 Å². The van der Waals surface area contributed by atoms with Crippen molar-refractivity contribution < 1.29 is 4.74 Å². The molecule has 8 nitrogen and oxygen atoms in total. The van der Waals surface area contributed by atoms with E-state index in [9.17, 15) is 5.26 Å². The number of pyridine rings is 1. The summed E-state index contributed by atoms with van der Waals surface area (Å²) >= 11 is 0. The van der Waals surface area contributed by atoms with Gasteiger partial charge in [-0.2, -0.15) is 5.26 Å². The van der Waals surface area contributed by atoms with E-state index in [0.717, 1.165) is 24.3 Å². The van der Waals surface area contributed by atoms with Gasteiger partial charge >= 0.3 is 0 Å². The first-order valence-electron chi connectivity index (χ1n) is 11.3. The molecule has 4 aliphatic rings. The number of methoxy groups -OCH3 is 1. The standard InChI is InChI=1S/C24H33N7O/c1-15(29-12-17-4-3-5-28-23(17)32-2)30-13-20(11-25)22(27)31-14-24-8-16-6-18(9-24)21(26)19(7-16)10-24/h3-5,13,16,18-19,21,29-30H,1,6-10,12,14,26H2,2H3,(H2,27,31)/t16?,18-,19+,21?,24?. The maximum atomic E-state index is 9.57. The fourth-order valence-electron chi connectivity index (χ4n) is 6.08. The van der Waals surface area contributed by atoms with Crippen LogP contribution in [0.2, 0.25) is 0 Å². The van der Waals surface area contributed by atoms with Gasteiger partial charge in [0.05, 0.1) is 12.9 Å². The van der Waals surface area contributed by atoms with E-state index in [1.54, 1.807) is 19.5 Å². The molecule has 0 aromatic carbocycles. The lowest BCUT2D eigenvalue weighted by Gasteiger charge is -2.59. The Hall–Kier alpha value is -3.05. The van der Waals surface area contributed by atoms with E-state index in [0.29, 0.717) is 48.2 Å². The van der Waals surface area contributed by atoms with Crippen LogP contribution in [0.25, 0.3) is 0 Å². The van der Waals surface area contributed by atoms with Crippen LogP contribution in [-0.2, 0) is 6.54 Å². The number of hydrogen-bond donors (Lipinski definition) is 4. The number of nitrogens with two attached hydrogens (primary N) is 2. The molecule has 0 aliphatic heterocycles. The van der Waals surface area contributed by atoms with Crippen LogP contribution in [0.15, 0.2) is 47.5 Å². The van der Waals surface area contributed by atoms with Gasteiger partial charge in [0.15, 0.2) is 0 Å². The Balaban J connectivity index is 1.33. The number of aromatic nitrogens is 1. The van der Waals surface area contributed by atoms with Crippen molar-refractivity contribution in [2.45, 2.75) is 44.7 Å². The van der Waals surface area contributed by atoms with Crippen LogP contribution in [0.3, 0.4) is 0 Å². The fourth-order valence-corrected chi connectivity index (χ4v) is 6.08. The maximum absolute atomic E-state index is 9.57. The van der Waals surface area contributed by atoms with E-state index in [1.807, 2.05) is 12.1 Å². The van der Waals surface area contributed by atoms with Gasteiger partial charge in [0.2, 0.25) is 5.88 Å². The number of aliphatic imine (C=N–C) groups is 1. The van der Waals surface area contributed by atoms with Crippen molar-refractivity contribution in [1.82, 2.24) is 15.6 Å². The predicted molar refractivity (Wildman–Crippen MR) is 124 cm³/mol. The molecule has 5 atom stereocenters. The number of nitrogens with one attached hydrogen (secondary N) is 2. The van der Waals surface area contributed by atoms with Gasteiger partial charge in [-0.15, -0.1) is 0 Å². The first-order valence-corrected chi connectivity index (χ1v) is 11.3. The Morgan fingerprint density at radius 2 is 2.16 bits per heavy atom. The Morgan fingerprint density at radius 1 is 1.41 bits per heavy atom. The highest BCUT2D eigenvalue weighted by atomic mass is 16.5. The van der Waals surface area contributed by atoms with E-state index in [4.69, 9.17) is 16.2 Å².